The number of aliphatic imine (C=N–C) groups is 1. The van der Waals surface area contributed by atoms with E-state index in [0.29, 0.717) is 5.25 Å². The lowest BCUT2D eigenvalue weighted by molar-refractivity contribution is 0.415. The molecule has 0 saturated heterocycles. The first kappa shape index (κ1) is 14.3. The Labute approximate surface area is 120 Å². The molecule has 104 valence electrons. The van der Waals surface area contributed by atoms with Crippen LogP contribution in [-0.4, -0.2) is 30.8 Å². The molecule has 2 N–H and O–H groups in total. The number of nitrogens with one attached hydrogen (secondary N) is 2. The van der Waals surface area contributed by atoms with Crippen molar-refractivity contribution in [1.29, 1.82) is 5.41 Å². The number of amidine groups is 1. The summed E-state index contributed by atoms with van der Waals surface area (Å²) < 4.78 is 8.31. The molecule has 1 aromatic rings. The van der Waals surface area contributed by atoms with E-state index in [-0.39, 0.29) is 5.84 Å². The number of hydrogen-bond donors (Lipinski definition) is 3. The van der Waals surface area contributed by atoms with Crippen LogP contribution in [-0.2, 0) is 0 Å². The number of methoxy groups -OCH3 is 1. The van der Waals surface area contributed by atoms with Crippen LogP contribution < -0.4 is 9.46 Å². The Balaban J connectivity index is 1.92. The van der Waals surface area contributed by atoms with Crippen molar-refractivity contribution in [3.8, 4) is 5.75 Å². The summed E-state index contributed by atoms with van der Waals surface area (Å²) in [5, 5.41) is 8.57. The third-order valence-electron chi connectivity index (χ3n) is 3.02. The van der Waals surface area contributed by atoms with Gasteiger partial charge in [0.15, 0.2) is 5.84 Å². The number of benzene rings is 1. The van der Waals surface area contributed by atoms with E-state index in [1.807, 2.05) is 24.3 Å². The highest BCUT2D eigenvalue weighted by molar-refractivity contribution is 8.87. The zero-order valence-corrected chi connectivity index (χ0v) is 12.8. The predicted octanol–water partition coefficient (Wildman–Crippen LogP) is 3.00. The summed E-state index contributed by atoms with van der Waals surface area (Å²) in [6, 6.07) is 7.30. The average molecular weight is 297 g/mol. The van der Waals surface area contributed by atoms with Crippen molar-refractivity contribution in [2.75, 3.05) is 13.4 Å². The van der Waals surface area contributed by atoms with E-state index in [1.165, 1.54) is 12.8 Å². The summed E-state index contributed by atoms with van der Waals surface area (Å²) in [4.78, 5) is 4.12. The number of thiol groups is 1. The fourth-order valence-electron chi connectivity index (χ4n) is 1.64. The molecule has 1 aliphatic rings. The molecule has 1 saturated carbocycles. The first-order chi connectivity index (χ1) is 9.03. The second-order valence-corrected chi connectivity index (χ2v) is 9.64. The van der Waals surface area contributed by atoms with Crippen molar-refractivity contribution in [2.24, 2.45) is 4.99 Å². The Morgan fingerprint density at radius 2 is 2.11 bits per heavy atom. The van der Waals surface area contributed by atoms with E-state index >= 15 is 0 Å². The Morgan fingerprint density at radius 1 is 1.47 bits per heavy atom. The molecule has 0 amide bonds. The minimum atomic E-state index is -1.10. The Morgan fingerprint density at radius 3 is 2.63 bits per heavy atom. The minimum absolute atomic E-state index is 0.231. The number of hydrogen-bond acceptors (Lipinski definition) is 3. The molecular weight excluding hydrogens is 278 g/mol. The predicted molar refractivity (Wildman–Crippen MR) is 87.0 cm³/mol. The van der Waals surface area contributed by atoms with Gasteiger partial charge in [-0.05, 0) is 43.4 Å². The average Bonchev–Trinajstić information content (AvgIpc) is 3.23. The molecule has 1 aliphatic carbocycles. The molecule has 1 aromatic carbocycles. The summed E-state index contributed by atoms with van der Waals surface area (Å²) in [5.41, 5.74) is 0.765. The minimum Gasteiger partial charge on any atom is -0.497 e. The summed E-state index contributed by atoms with van der Waals surface area (Å²) in [5.74, 6) is 1.01. The van der Waals surface area contributed by atoms with Crippen LogP contribution in [0.4, 0.5) is 0 Å². The standard InChI is InChI=1S/C13H19N3OS2/c1-17-11-5-3-10(4-6-11)13(14)15-9-16-19(2,18)12-7-8-12/h3-6,9,12,18H,7-8H2,1-2H3,(H2,14,15,16). The SMILES string of the molecule is COc1ccc(C(=N)/N=C\NS(C)(S)C2CC2)cc1. The van der Waals surface area contributed by atoms with Crippen LogP contribution in [0.15, 0.2) is 29.3 Å². The second-order valence-electron chi connectivity index (χ2n) is 4.59. The highest BCUT2D eigenvalue weighted by Gasteiger charge is 2.34. The molecule has 0 bridgehead atoms. The van der Waals surface area contributed by atoms with Gasteiger partial charge in [-0.1, -0.05) is 0 Å². The summed E-state index contributed by atoms with van der Waals surface area (Å²) >= 11 is 4.65. The zero-order chi connectivity index (χ0) is 13.9. The van der Waals surface area contributed by atoms with Crippen LogP contribution in [0.5, 0.6) is 5.75 Å². The summed E-state index contributed by atoms with van der Waals surface area (Å²) in [6.45, 7) is 0. The van der Waals surface area contributed by atoms with Crippen molar-refractivity contribution >= 4 is 33.1 Å². The van der Waals surface area contributed by atoms with Crippen molar-refractivity contribution in [3.63, 3.8) is 0 Å². The molecule has 2 rings (SSSR count). The molecule has 0 aromatic heterocycles. The smallest absolute Gasteiger partial charge is 0.153 e. The van der Waals surface area contributed by atoms with Gasteiger partial charge in [0.25, 0.3) is 0 Å². The van der Waals surface area contributed by atoms with Gasteiger partial charge in [-0.3, -0.25) is 5.41 Å². The Bertz CT molecular complexity index is 481. The summed E-state index contributed by atoms with van der Waals surface area (Å²) in [7, 11) is 0.524. The number of ether oxygens (including phenoxy) is 1. The Hall–Kier alpha value is -1.14. The van der Waals surface area contributed by atoms with Crippen molar-refractivity contribution < 1.29 is 4.74 Å². The topological polar surface area (TPSA) is 57.5 Å². The van der Waals surface area contributed by atoms with E-state index in [1.54, 1.807) is 13.4 Å². The molecule has 0 heterocycles. The largest absolute Gasteiger partial charge is 0.497 e. The highest BCUT2D eigenvalue weighted by atomic mass is 33.1. The normalized spacial score (nSPS) is 19.7. The van der Waals surface area contributed by atoms with Gasteiger partial charge in [0.1, 0.15) is 5.75 Å². The molecular formula is C13H19N3OS2. The van der Waals surface area contributed by atoms with E-state index in [0.717, 1.165) is 11.3 Å². The highest BCUT2D eigenvalue weighted by Crippen LogP contribution is 2.59. The lowest BCUT2D eigenvalue weighted by Gasteiger charge is -2.29. The van der Waals surface area contributed by atoms with E-state index < -0.39 is 9.25 Å². The first-order valence-corrected chi connectivity index (χ1v) is 9.21. The quantitative estimate of drug-likeness (QED) is 0.339. The van der Waals surface area contributed by atoms with Crippen LogP contribution in [0.1, 0.15) is 18.4 Å². The van der Waals surface area contributed by atoms with Crippen LogP contribution in [0.25, 0.3) is 0 Å². The molecule has 1 atom stereocenters. The number of nitrogens with zero attached hydrogens (tertiary/aromatic N) is 1. The molecule has 4 nitrogen and oxygen atoms in total. The maximum Gasteiger partial charge on any atom is 0.153 e. The lowest BCUT2D eigenvalue weighted by Crippen LogP contribution is -2.17. The Kier molecular flexibility index (Phi) is 4.42. The van der Waals surface area contributed by atoms with Gasteiger partial charge >= 0.3 is 0 Å². The van der Waals surface area contributed by atoms with Gasteiger partial charge in [-0.15, -0.1) is 20.9 Å². The first-order valence-electron chi connectivity index (χ1n) is 6.05. The third kappa shape index (κ3) is 3.91. The van der Waals surface area contributed by atoms with Gasteiger partial charge in [0.05, 0.1) is 13.4 Å². The molecule has 6 heteroatoms. The monoisotopic (exact) mass is 297 g/mol. The van der Waals surface area contributed by atoms with Crippen molar-refractivity contribution in [3.05, 3.63) is 29.8 Å². The fourth-order valence-corrected chi connectivity index (χ4v) is 3.93. The van der Waals surface area contributed by atoms with Gasteiger partial charge in [0.2, 0.25) is 0 Å². The molecule has 1 unspecified atom stereocenters. The van der Waals surface area contributed by atoms with Crippen molar-refractivity contribution in [2.45, 2.75) is 18.1 Å². The lowest BCUT2D eigenvalue weighted by atomic mass is 10.2. The third-order valence-corrected chi connectivity index (χ3v) is 6.58. The fraction of sp³-hybridized carbons (Fsp3) is 0.385. The number of rotatable bonds is 5. The maximum absolute atomic E-state index is 7.89. The summed E-state index contributed by atoms with van der Waals surface area (Å²) in [6.07, 6.45) is 6.21. The molecule has 0 spiro atoms. The van der Waals surface area contributed by atoms with E-state index in [9.17, 15) is 0 Å². The molecule has 0 aliphatic heterocycles. The maximum atomic E-state index is 7.89. The molecule has 0 radical (unpaired) electrons. The zero-order valence-electron chi connectivity index (χ0n) is 11.1. The van der Waals surface area contributed by atoms with Crippen LogP contribution in [0.3, 0.4) is 0 Å². The molecule has 1 fully saturated rings. The van der Waals surface area contributed by atoms with E-state index in [4.69, 9.17) is 10.1 Å². The van der Waals surface area contributed by atoms with Gasteiger partial charge in [-0.25, -0.2) is 4.99 Å². The van der Waals surface area contributed by atoms with Gasteiger partial charge in [0, 0.05) is 10.8 Å². The second kappa shape index (κ2) is 5.88. The van der Waals surface area contributed by atoms with Crippen LogP contribution in [0, 0.1) is 5.41 Å². The van der Waals surface area contributed by atoms with Crippen LogP contribution >= 0.6 is 20.9 Å². The van der Waals surface area contributed by atoms with E-state index in [2.05, 4.69) is 27.6 Å². The van der Waals surface area contributed by atoms with Gasteiger partial charge in [-0.2, -0.15) is 0 Å². The van der Waals surface area contributed by atoms with Crippen LogP contribution in [0.2, 0.25) is 0 Å². The van der Waals surface area contributed by atoms with Gasteiger partial charge < -0.3 is 9.46 Å². The molecule has 19 heavy (non-hydrogen) atoms. The van der Waals surface area contributed by atoms with Crippen molar-refractivity contribution in [1.82, 2.24) is 4.72 Å².